The van der Waals surface area contributed by atoms with Gasteiger partial charge in [-0.05, 0) is 91.0 Å². The number of ketones is 1. The first-order valence-electron chi connectivity index (χ1n) is 18.0. The summed E-state index contributed by atoms with van der Waals surface area (Å²) >= 11 is 0. The highest BCUT2D eigenvalue weighted by molar-refractivity contribution is 5.96. The maximum absolute atomic E-state index is 14.4. The van der Waals surface area contributed by atoms with Crippen LogP contribution in [0.1, 0.15) is 91.0 Å². The Kier molecular flexibility index (Phi) is 7.86. The zero-order valence-electron chi connectivity index (χ0n) is 28.7. The molecule has 0 aromatic heterocycles. The minimum absolute atomic E-state index is 0.0955. The number of aliphatic hydroxyl groups is 6. The van der Waals surface area contributed by atoms with Crippen LogP contribution in [-0.2, 0) is 9.53 Å². The number of hydrogen-bond acceptors (Lipinski definition) is 10. The molecule has 1 aromatic carbocycles. The summed E-state index contributed by atoms with van der Waals surface area (Å²) < 4.78 is 6.90. The van der Waals surface area contributed by atoms with E-state index in [2.05, 4.69) is 6.92 Å². The SMILES string of the molecule is C[C@H]1[C@H](C)CCC[C@]2(O[C@H]3C[C@@]4(O)C5=CC(=O)[C@@H]6[C@@H](c7ccc(O)c(O)c7)[C@@H](O)[C@@H](O)C[C@]6(C)[C@H]5C[C@H](CCO)[C@]4(C)[C@H]3[C@@]2(C)O)[C@H]1O. The van der Waals surface area contributed by atoms with Gasteiger partial charge in [0.2, 0.25) is 0 Å². The molecule has 48 heavy (non-hydrogen) atoms. The minimum atomic E-state index is -1.60. The van der Waals surface area contributed by atoms with Gasteiger partial charge in [0.25, 0.3) is 0 Å². The van der Waals surface area contributed by atoms with Crippen molar-refractivity contribution in [3.8, 4) is 11.5 Å². The van der Waals surface area contributed by atoms with Crippen molar-refractivity contribution in [2.24, 2.45) is 46.3 Å². The zero-order valence-corrected chi connectivity index (χ0v) is 28.7. The summed E-state index contributed by atoms with van der Waals surface area (Å²) in [5.74, 6) is -3.91. The number of carbonyl (C=O) groups excluding carboxylic acids is 1. The molecule has 0 unspecified atom stereocenters. The van der Waals surface area contributed by atoms with Crippen LogP contribution in [0.2, 0.25) is 0 Å². The molecule has 0 radical (unpaired) electrons. The second kappa shape index (κ2) is 11.0. The highest BCUT2D eigenvalue weighted by atomic mass is 16.6. The average Bonchev–Trinajstić information content (AvgIpc) is 3.35. The minimum Gasteiger partial charge on any atom is -0.504 e. The highest BCUT2D eigenvalue weighted by Crippen LogP contribution is 2.75. The fourth-order valence-electron chi connectivity index (χ4n) is 12.7. The Morgan fingerprint density at radius 3 is 2.38 bits per heavy atom. The van der Waals surface area contributed by atoms with Crippen molar-refractivity contribution in [3.63, 3.8) is 0 Å². The molecule has 5 aliphatic carbocycles. The third kappa shape index (κ3) is 4.14. The summed E-state index contributed by atoms with van der Waals surface area (Å²) in [6, 6.07) is 4.18. The van der Waals surface area contributed by atoms with Crippen molar-refractivity contribution in [1.29, 1.82) is 0 Å². The van der Waals surface area contributed by atoms with E-state index in [0.717, 1.165) is 12.8 Å². The quantitative estimate of drug-likeness (QED) is 0.222. The summed E-state index contributed by atoms with van der Waals surface area (Å²) in [5, 5.41) is 91.2. The normalized spacial score (nSPS) is 53.0. The molecule has 8 N–H and O–H groups in total. The van der Waals surface area contributed by atoms with E-state index in [1.807, 2.05) is 20.8 Å². The average molecular weight is 671 g/mol. The van der Waals surface area contributed by atoms with E-state index in [-0.39, 0.29) is 48.7 Å². The Bertz CT molecular complexity index is 1510. The second-order valence-electron chi connectivity index (χ2n) is 17.2. The van der Waals surface area contributed by atoms with Crippen LogP contribution in [0.15, 0.2) is 29.8 Å². The number of phenols is 2. The van der Waals surface area contributed by atoms with Gasteiger partial charge in [-0.1, -0.05) is 46.6 Å². The molecule has 10 nitrogen and oxygen atoms in total. The topological polar surface area (TPSA) is 188 Å². The molecular formula is C38H54O10. The van der Waals surface area contributed by atoms with Gasteiger partial charge in [0.15, 0.2) is 17.3 Å². The van der Waals surface area contributed by atoms with Crippen LogP contribution in [0.3, 0.4) is 0 Å². The Morgan fingerprint density at radius 2 is 1.71 bits per heavy atom. The first kappa shape index (κ1) is 34.4. The molecule has 10 heteroatoms. The van der Waals surface area contributed by atoms with Gasteiger partial charge in [-0.15, -0.1) is 0 Å². The van der Waals surface area contributed by atoms with Crippen LogP contribution in [-0.4, -0.2) is 94.5 Å². The predicted molar refractivity (Wildman–Crippen MR) is 175 cm³/mol. The molecule has 6 aliphatic rings. The predicted octanol–water partition coefficient (Wildman–Crippen LogP) is 2.92. The molecule has 0 amide bonds. The van der Waals surface area contributed by atoms with Crippen LogP contribution in [0, 0.1) is 46.3 Å². The largest absolute Gasteiger partial charge is 0.504 e. The van der Waals surface area contributed by atoms with Gasteiger partial charge in [0.05, 0.1) is 35.6 Å². The van der Waals surface area contributed by atoms with E-state index < -0.39 is 81.5 Å². The lowest BCUT2D eigenvalue weighted by Crippen LogP contribution is -2.68. The Labute approximate surface area is 282 Å². The van der Waals surface area contributed by atoms with Gasteiger partial charge in [-0.25, -0.2) is 0 Å². The fraction of sp³-hybridized carbons (Fsp3) is 0.763. The number of allylic oxidation sites excluding steroid dienone is 1. The van der Waals surface area contributed by atoms with Gasteiger partial charge in [0.1, 0.15) is 5.60 Å². The number of aliphatic hydroxyl groups excluding tert-OH is 4. The monoisotopic (exact) mass is 670 g/mol. The van der Waals surface area contributed by atoms with Crippen LogP contribution < -0.4 is 0 Å². The Hall–Kier alpha value is -2.05. The number of fused-ring (bicyclic) bond motifs is 7. The molecule has 5 fully saturated rings. The van der Waals surface area contributed by atoms with Crippen molar-refractivity contribution in [1.82, 2.24) is 0 Å². The van der Waals surface area contributed by atoms with E-state index in [1.165, 1.54) is 18.2 Å². The zero-order chi connectivity index (χ0) is 34.9. The fourth-order valence-corrected chi connectivity index (χ4v) is 12.7. The van der Waals surface area contributed by atoms with Gasteiger partial charge in [-0.2, -0.15) is 0 Å². The summed E-state index contributed by atoms with van der Waals surface area (Å²) in [7, 11) is 0. The molecule has 266 valence electrons. The first-order chi connectivity index (χ1) is 22.4. The number of hydrogen-bond donors (Lipinski definition) is 8. The van der Waals surface area contributed by atoms with Crippen LogP contribution in [0.5, 0.6) is 11.5 Å². The lowest BCUT2D eigenvalue weighted by molar-refractivity contribution is -0.230. The molecule has 16 atom stereocenters. The molecule has 1 heterocycles. The number of ether oxygens (including phenoxy) is 1. The third-order valence-corrected chi connectivity index (χ3v) is 15.3. The molecule has 1 aliphatic heterocycles. The first-order valence-corrected chi connectivity index (χ1v) is 18.0. The van der Waals surface area contributed by atoms with E-state index in [0.29, 0.717) is 30.4 Å². The number of phenolic OH excluding ortho intramolecular Hbond substituents is 2. The Balaban J connectivity index is 1.35. The van der Waals surface area contributed by atoms with E-state index in [1.54, 1.807) is 13.0 Å². The highest BCUT2D eigenvalue weighted by Gasteiger charge is 2.80. The second-order valence-corrected chi connectivity index (χ2v) is 17.2. The molecule has 0 bridgehead atoms. The van der Waals surface area contributed by atoms with Crippen molar-refractivity contribution in [2.75, 3.05) is 6.61 Å². The molecule has 1 saturated heterocycles. The lowest BCUT2D eigenvalue weighted by Gasteiger charge is -2.64. The summed E-state index contributed by atoms with van der Waals surface area (Å²) in [5.41, 5.74) is -5.34. The Morgan fingerprint density at radius 1 is 1.00 bits per heavy atom. The van der Waals surface area contributed by atoms with E-state index >= 15 is 0 Å². The molecular weight excluding hydrogens is 616 g/mol. The van der Waals surface area contributed by atoms with Crippen LogP contribution in [0.4, 0.5) is 0 Å². The van der Waals surface area contributed by atoms with Crippen LogP contribution in [0.25, 0.3) is 0 Å². The van der Waals surface area contributed by atoms with Crippen molar-refractivity contribution in [3.05, 3.63) is 35.4 Å². The molecule has 1 aromatic rings. The van der Waals surface area contributed by atoms with Crippen molar-refractivity contribution < 1.29 is 50.4 Å². The lowest BCUT2D eigenvalue weighted by atomic mass is 9.41. The number of benzene rings is 1. The van der Waals surface area contributed by atoms with Crippen molar-refractivity contribution in [2.45, 2.75) is 127 Å². The summed E-state index contributed by atoms with van der Waals surface area (Å²) in [4.78, 5) is 14.4. The molecule has 7 rings (SSSR count). The summed E-state index contributed by atoms with van der Waals surface area (Å²) in [6.45, 7) is 9.61. The van der Waals surface area contributed by atoms with Gasteiger partial charge >= 0.3 is 0 Å². The standard InChI is InChI=1S/C38H54O10/c1-18-7-6-11-38(33(45)19(18)2)36(5,46)32-28(48-38)17-37(47)23-15-26(42)30-29(20-8-9-24(40)25(41)13-20)31(44)27(43)16-34(30,3)22(23)14-21(10-12-39)35(32,37)4/h8-9,13,15,18-19,21-22,27-33,39-41,43-47H,6-7,10-12,14,16-17H2,1-5H3/t18-,19+,21+,22+,27+,28+,29-,30-,31+,32+,33+,34-,35-,36-,37-,38+/m1/s1. The maximum Gasteiger partial charge on any atom is 0.160 e. The van der Waals surface area contributed by atoms with E-state index in [4.69, 9.17) is 4.74 Å². The number of aromatic hydroxyl groups is 2. The smallest absolute Gasteiger partial charge is 0.160 e. The number of rotatable bonds is 3. The molecule has 4 saturated carbocycles. The van der Waals surface area contributed by atoms with Gasteiger partial charge < -0.3 is 45.6 Å². The van der Waals surface area contributed by atoms with Gasteiger partial charge in [-0.3, -0.25) is 4.79 Å². The molecule has 1 spiro atoms. The van der Waals surface area contributed by atoms with Crippen LogP contribution >= 0.6 is 0 Å². The third-order valence-electron chi connectivity index (χ3n) is 15.3. The van der Waals surface area contributed by atoms with Gasteiger partial charge in [0, 0.05) is 36.2 Å². The number of carbonyl (C=O) groups is 1. The van der Waals surface area contributed by atoms with Crippen molar-refractivity contribution >= 4 is 5.78 Å². The summed E-state index contributed by atoms with van der Waals surface area (Å²) in [6.07, 6.45) is 0.672. The maximum atomic E-state index is 14.4. The van der Waals surface area contributed by atoms with E-state index in [9.17, 15) is 45.6 Å².